The van der Waals surface area contributed by atoms with Crippen LogP contribution >= 0.6 is 0 Å². The number of amides is 5. The highest BCUT2D eigenvalue weighted by Gasteiger charge is 2.45. The van der Waals surface area contributed by atoms with E-state index >= 15 is 0 Å². The average Bonchev–Trinajstić information content (AvgIpc) is 2.84. The number of fused-ring (bicyclic) bond motifs is 1. The molecule has 0 saturated carbocycles. The van der Waals surface area contributed by atoms with Crippen molar-refractivity contribution >= 4 is 29.7 Å². The van der Waals surface area contributed by atoms with Gasteiger partial charge in [-0.2, -0.15) is 0 Å². The monoisotopic (exact) mass is 403 g/mol. The molecule has 1 atom stereocenters. The van der Waals surface area contributed by atoms with Gasteiger partial charge in [-0.1, -0.05) is 19.6 Å². The third kappa shape index (κ3) is 4.44. The van der Waals surface area contributed by atoms with Gasteiger partial charge in [0.05, 0.1) is 11.1 Å². The van der Waals surface area contributed by atoms with Crippen LogP contribution in [0.3, 0.4) is 0 Å². The van der Waals surface area contributed by atoms with E-state index in [4.69, 9.17) is 4.74 Å². The molecule has 1 aromatic carbocycles. The number of benzene rings is 1. The highest BCUT2D eigenvalue weighted by atomic mass is 16.6. The number of ether oxygens (including phenoxy) is 1. The van der Waals surface area contributed by atoms with E-state index < -0.39 is 41.4 Å². The SMILES string of the molecule is C.CC(C)(C)OC(=O)NCc1cccc2c1C(=O)N([C@@H]1CCC(=O)NC1=O)C2=O. The Hall–Kier alpha value is -3.23. The molecule has 5 amide bonds. The minimum Gasteiger partial charge on any atom is -0.444 e. The van der Waals surface area contributed by atoms with Gasteiger partial charge in [-0.05, 0) is 38.8 Å². The molecule has 2 aliphatic heterocycles. The zero-order chi connectivity index (χ0) is 20.6. The lowest BCUT2D eigenvalue weighted by atomic mass is 10.0. The Balaban J connectivity index is 0.00000300. The van der Waals surface area contributed by atoms with Crippen LogP contribution in [-0.2, 0) is 20.9 Å². The molecule has 2 N–H and O–H groups in total. The molecular formula is C20H25N3O6. The molecule has 29 heavy (non-hydrogen) atoms. The maximum absolute atomic E-state index is 12.9. The number of piperidine rings is 1. The quantitative estimate of drug-likeness (QED) is 0.742. The summed E-state index contributed by atoms with van der Waals surface area (Å²) in [7, 11) is 0. The zero-order valence-electron chi connectivity index (χ0n) is 15.8. The first-order valence-corrected chi connectivity index (χ1v) is 8.89. The van der Waals surface area contributed by atoms with Crippen LogP contribution in [0.25, 0.3) is 0 Å². The minimum absolute atomic E-state index is 0. The molecule has 0 unspecified atom stereocenters. The van der Waals surface area contributed by atoms with Gasteiger partial charge in [0.15, 0.2) is 0 Å². The Morgan fingerprint density at radius 3 is 2.52 bits per heavy atom. The van der Waals surface area contributed by atoms with Crippen molar-refractivity contribution in [2.24, 2.45) is 0 Å². The highest BCUT2D eigenvalue weighted by molar-refractivity contribution is 6.24. The molecule has 1 saturated heterocycles. The lowest BCUT2D eigenvalue weighted by Gasteiger charge is -2.27. The van der Waals surface area contributed by atoms with E-state index in [0.717, 1.165) is 4.90 Å². The lowest BCUT2D eigenvalue weighted by Crippen LogP contribution is -2.54. The van der Waals surface area contributed by atoms with Crippen LogP contribution in [0.5, 0.6) is 0 Å². The van der Waals surface area contributed by atoms with Gasteiger partial charge in [-0.3, -0.25) is 29.4 Å². The van der Waals surface area contributed by atoms with Crippen molar-refractivity contribution in [3.8, 4) is 0 Å². The van der Waals surface area contributed by atoms with Gasteiger partial charge in [0.2, 0.25) is 11.8 Å². The average molecular weight is 403 g/mol. The van der Waals surface area contributed by atoms with E-state index in [1.807, 2.05) is 0 Å². The Morgan fingerprint density at radius 2 is 1.90 bits per heavy atom. The number of alkyl carbamates (subject to hydrolysis) is 1. The number of imide groups is 2. The van der Waals surface area contributed by atoms with E-state index in [2.05, 4.69) is 10.6 Å². The van der Waals surface area contributed by atoms with Crippen molar-refractivity contribution < 1.29 is 28.7 Å². The predicted molar refractivity (Wildman–Crippen MR) is 103 cm³/mol. The van der Waals surface area contributed by atoms with E-state index in [0.29, 0.717) is 5.56 Å². The van der Waals surface area contributed by atoms with Gasteiger partial charge in [0.1, 0.15) is 11.6 Å². The first-order chi connectivity index (χ1) is 13.1. The molecule has 1 fully saturated rings. The van der Waals surface area contributed by atoms with Crippen LogP contribution in [0.4, 0.5) is 4.79 Å². The Bertz CT molecular complexity index is 887. The van der Waals surface area contributed by atoms with E-state index in [-0.39, 0.29) is 37.9 Å². The number of rotatable bonds is 3. The Kier molecular flexibility index (Phi) is 6.10. The van der Waals surface area contributed by atoms with Crippen molar-refractivity contribution in [2.45, 2.75) is 59.2 Å². The van der Waals surface area contributed by atoms with Crippen molar-refractivity contribution in [1.82, 2.24) is 15.5 Å². The number of nitrogens with zero attached hydrogens (tertiary/aromatic N) is 1. The van der Waals surface area contributed by atoms with Crippen LogP contribution in [0.2, 0.25) is 0 Å². The Labute approximate surface area is 168 Å². The summed E-state index contributed by atoms with van der Waals surface area (Å²) in [5.74, 6) is -2.30. The fourth-order valence-corrected chi connectivity index (χ4v) is 3.21. The maximum Gasteiger partial charge on any atom is 0.407 e. The fraction of sp³-hybridized carbons (Fsp3) is 0.450. The predicted octanol–water partition coefficient (Wildman–Crippen LogP) is 1.75. The highest BCUT2D eigenvalue weighted by Crippen LogP contribution is 2.29. The Morgan fingerprint density at radius 1 is 1.21 bits per heavy atom. The van der Waals surface area contributed by atoms with Crippen LogP contribution in [0, 0.1) is 0 Å². The van der Waals surface area contributed by atoms with Crippen molar-refractivity contribution in [1.29, 1.82) is 0 Å². The fourth-order valence-electron chi connectivity index (χ4n) is 3.21. The summed E-state index contributed by atoms with van der Waals surface area (Å²) >= 11 is 0. The summed E-state index contributed by atoms with van der Waals surface area (Å²) < 4.78 is 5.17. The second-order valence-electron chi connectivity index (χ2n) is 7.64. The molecule has 0 aliphatic carbocycles. The largest absolute Gasteiger partial charge is 0.444 e. The summed E-state index contributed by atoms with van der Waals surface area (Å²) in [5, 5.41) is 4.72. The number of carbonyl (C=O) groups is 5. The number of carbonyl (C=O) groups excluding carboxylic acids is 5. The summed E-state index contributed by atoms with van der Waals surface area (Å²) in [6.07, 6.45) is -0.512. The standard InChI is InChI=1S/C19H21N3O6.CH4/c1-19(2,3)28-18(27)20-9-10-5-4-6-11-14(10)17(26)22(16(11)25)12-7-8-13(23)21-15(12)24;/h4-6,12H,7-9H2,1-3H3,(H,20,27)(H,21,23,24);1H4/t12-;/m1./s1. The van der Waals surface area contributed by atoms with Crippen LogP contribution in [-0.4, -0.2) is 46.3 Å². The molecule has 2 heterocycles. The molecule has 0 aromatic heterocycles. The topological polar surface area (TPSA) is 122 Å². The third-order valence-electron chi connectivity index (χ3n) is 4.38. The molecule has 9 nitrogen and oxygen atoms in total. The first kappa shape index (κ1) is 22.1. The molecule has 2 aliphatic rings. The number of hydrogen-bond acceptors (Lipinski definition) is 6. The number of hydrogen-bond donors (Lipinski definition) is 2. The summed E-state index contributed by atoms with van der Waals surface area (Å²) in [4.78, 5) is 61.9. The molecule has 9 heteroatoms. The normalized spacial score (nSPS) is 18.7. The molecule has 0 radical (unpaired) electrons. The molecular weight excluding hydrogens is 378 g/mol. The van der Waals surface area contributed by atoms with Gasteiger partial charge in [0.25, 0.3) is 11.8 Å². The summed E-state index contributed by atoms with van der Waals surface area (Å²) in [5.41, 5.74) is 0.0832. The van der Waals surface area contributed by atoms with Gasteiger partial charge < -0.3 is 10.1 Å². The molecule has 1 aromatic rings. The summed E-state index contributed by atoms with van der Waals surface area (Å²) in [6, 6.07) is 3.69. The van der Waals surface area contributed by atoms with Crippen LogP contribution in [0.1, 0.15) is 67.3 Å². The smallest absolute Gasteiger partial charge is 0.407 e. The van der Waals surface area contributed by atoms with Gasteiger partial charge in [-0.25, -0.2) is 4.79 Å². The van der Waals surface area contributed by atoms with Crippen LogP contribution in [0.15, 0.2) is 18.2 Å². The van der Waals surface area contributed by atoms with Gasteiger partial charge >= 0.3 is 6.09 Å². The van der Waals surface area contributed by atoms with Gasteiger partial charge in [0, 0.05) is 13.0 Å². The van der Waals surface area contributed by atoms with Crippen molar-refractivity contribution in [2.75, 3.05) is 0 Å². The van der Waals surface area contributed by atoms with Gasteiger partial charge in [-0.15, -0.1) is 0 Å². The van der Waals surface area contributed by atoms with E-state index in [9.17, 15) is 24.0 Å². The van der Waals surface area contributed by atoms with E-state index in [1.165, 1.54) is 6.07 Å². The molecule has 156 valence electrons. The molecule has 0 bridgehead atoms. The van der Waals surface area contributed by atoms with E-state index in [1.54, 1.807) is 32.9 Å². The minimum atomic E-state index is -1.03. The zero-order valence-corrected chi connectivity index (χ0v) is 15.8. The second-order valence-corrected chi connectivity index (χ2v) is 7.64. The van der Waals surface area contributed by atoms with Crippen molar-refractivity contribution in [3.05, 3.63) is 34.9 Å². The third-order valence-corrected chi connectivity index (χ3v) is 4.38. The van der Waals surface area contributed by atoms with Crippen molar-refractivity contribution in [3.63, 3.8) is 0 Å². The molecule has 0 spiro atoms. The number of nitrogens with one attached hydrogen (secondary N) is 2. The first-order valence-electron chi connectivity index (χ1n) is 8.89. The lowest BCUT2D eigenvalue weighted by molar-refractivity contribution is -0.136. The van der Waals surface area contributed by atoms with Crippen LogP contribution < -0.4 is 10.6 Å². The molecule has 3 rings (SSSR count). The summed E-state index contributed by atoms with van der Waals surface area (Å²) in [6.45, 7) is 5.17. The maximum atomic E-state index is 12.9. The second kappa shape index (κ2) is 8.02.